The third-order valence-electron chi connectivity index (χ3n) is 24.1. The van der Waals surface area contributed by atoms with Crippen LogP contribution in [0.25, 0.3) is 0 Å². The van der Waals surface area contributed by atoms with Crippen LogP contribution in [0.5, 0.6) is 0 Å². The Labute approximate surface area is 425 Å². The van der Waals surface area contributed by atoms with Crippen molar-refractivity contribution in [2.24, 2.45) is 84.7 Å². The number of rotatable bonds is 13. The lowest BCUT2D eigenvalue weighted by atomic mass is 9.42. The minimum absolute atomic E-state index is 0.0634. The van der Waals surface area contributed by atoms with E-state index < -0.39 is 75.6 Å². The van der Waals surface area contributed by atoms with Crippen molar-refractivity contribution < 1.29 is 54.2 Å². The molecule has 398 valence electrons. The van der Waals surface area contributed by atoms with Crippen molar-refractivity contribution in [3.05, 3.63) is 22.3 Å². The smallest absolute Gasteiger partial charge is 0.309 e. The molecule has 5 N–H and O–H groups in total. The Balaban J connectivity index is 0.919. The molecule has 0 heterocycles. The van der Waals surface area contributed by atoms with E-state index in [2.05, 4.69) is 48.5 Å². The number of esters is 1. The molecule has 0 radical (unpaired) electrons. The maximum atomic E-state index is 14.6. The summed E-state index contributed by atoms with van der Waals surface area (Å²) < 4.78 is 6.06. The van der Waals surface area contributed by atoms with Gasteiger partial charge in [-0.1, -0.05) is 101 Å². The van der Waals surface area contributed by atoms with Crippen molar-refractivity contribution in [3.8, 4) is 0 Å². The molecule has 0 amide bonds. The molecular formula is C60H92O11. The number of carbonyl (C=O) groups is 5. The first-order chi connectivity index (χ1) is 32.7. The molecule has 0 aliphatic heterocycles. The number of fused-ring (bicyclic) bond motifs is 8. The summed E-state index contributed by atoms with van der Waals surface area (Å²) in [6, 6.07) is 0. The van der Waals surface area contributed by atoms with Crippen LogP contribution in [0.2, 0.25) is 0 Å². The van der Waals surface area contributed by atoms with Gasteiger partial charge >= 0.3 is 5.97 Å². The lowest BCUT2D eigenvalue weighted by Crippen LogP contribution is -2.60. The second-order valence-corrected chi connectivity index (χ2v) is 28.2. The van der Waals surface area contributed by atoms with E-state index in [0.717, 1.165) is 32.1 Å². The van der Waals surface area contributed by atoms with Crippen LogP contribution in [0.1, 0.15) is 200 Å². The second-order valence-electron chi connectivity index (χ2n) is 28.2. The largest absolute Gasteiger partial charge is 0.459 e. The van der Waals surface area contributed by atoms with Gasteiger partial charge in [-0.05, 0) is 135 Å². The lowest BCUT2D eigenvalue weighted by molar-refractivity contribution is -0.174. The average molecular weight is 989 g/mol. The van der Waals surface area contributed by atoms with Crippen molar-refractivity contribution in [1.82, 2.24) is 0 Å². The molecule has 8 rings (SSSR count). The van der Waals surface area contributed by atoms with Crippen molar-refractivity contribution >= 4 is 29.1 Å². The fourth-order valence-corrected chi connectivity index (χ4v) is 19.0. The van der Waals surface area contributed by atoms with E-state index in [-0.39, 0.29) is 101 Å². The monoisotopic (exact) mass is 989 g/mol. The third kappa shape index (κ3) is 7.72. The van der Waals surface area contributed by atoms with Crippen molar-refractivity contribution in [1.29, 1.82) is 0 Å². The molecule has 8 aliphatic rings. The highest BCUT2D eigenvalue weighted by molar-refractivity contribution is 6.11. The number of Topliss-reactive ketones (excluding diaryl/α,β-unsaturated/α-hetero) is 4. The van der Waals surface area contributed by atoms with E-state index in [1.54, 1.807) is 6.92 Å². The number of allylic oxidation sites excluding steroid dienone is 2. The Bertz CT molecular complexity index is 2290. The van der Waals surface area contributed by atoms with Gasteiger partial charge in [0.1, 0.15) is 23.3 Å². The van der Waals surface area contributed by atoms with Crippen molar-refractivity contribution in [2.45, 2.75) is 230 Å². The Morgan fingerprint density at radius 1 is 0.676 bits per heavy atom. The summed E-state index contributed by atoms with van der Waals surface area (Å²) in [5, 5.41) is 57.1. The van der Waals surface area contributed by atoms with E-state index in [1.165, 1.54) is 18.1 Å². The van der Waals surface area contributed by atoms with Gasteiger partial charge in [0, 0.05) is 64.9 Å². The molecule has 11 heteroatoms. The number of aliphatic hydroxyl groups is 5. The average Bonchev–Trinajstić information content (AvgIpc) is 3.63. The van der Waals surface area contributed by atoms with E-state index in [0.29, 0.717) is 55.5 Å². The molecule has 0 saturated heterocycles. The predicted octanol–water partition coefficient (Wildman–Crippen LogP) is 9.41. The van der Waals surface area contributed by atoms with Gasteiger partial charge in [-0.15, -0.1) is 0 Å². The first-order valence-corrected chi connectivity index (χ1v) is 27.8. The van der Waals surface area contributed by atoms with Crippen LogP contribution in [-0.2, 0) is 28.7 Å². The van der Waals surface area contributed by atoms with Crippen LogP contribution in [-0.4, -0.2) is 91.3 Å². The third-order valence-corrected chi connectivity index (χ3v) is 24.1. The number of carbonyl (C=O) groups excluding carboxylic acids is 5. The first kappa shape index (κ1) is 54.7. The van der Waals surface area contributed by atoms with Crippen LogP contribution in [0.15, 0.2) is 22.3 Å². The fraction of sp³-hybridized carbons (Fsp3) is 0.850. The molecule has 0 aromatic rings. The summed E-state index contributed by atoms with van der Waals surface area (Å²) in [6.45, 7) is 27.9. The summed E-state index contributed by atoms with van der Waals surface area (Å²) >= 11 is 0. The maximum absolute atomic E-state index is 14.6. The van der Waals surface area contributed by atoms with Crippen LogP contribution in [0, 0.1) is 84.7 Å². The van der Waals surface area contributed by atoms with Crippen molar-refractivity contribution in [2.75, 3.05) is 6.61 Å². The molecule has 4 saturated carbocycles. The lowest BCUT2D eigenvalue weighted by Gasteiger charge is -2.61. The normalized spacial score (nSPS) is 44.0. The molecule has 0 unspecified atom stereocenters. The van der Waals surface area contributed by atoms with Gasteiger partial charge in [-0.2, -0.15) is 0 Å². The molecule has 0 aromatic carbocycles. The van der Waals surface area contributed by atoms with Gasteiger partial charge in [0.05, 0.1) is 30.8 Å². The van der Waals surface area contributed by atoms with Gasteiger partial charge in [0.2, 0.25) is 0 Å². The topological polar surface area (TPSA) is 196 Å². The van der Waals surface area contributed by atoms with Gasteiger partial charge in [0.15, 0.2) is 11.6 Å². The molecule has 8 aliphatic carbocycles. The summed E-state index contributed by atoms with van der Waals surface area (Å²) in [4.78, 5) is 69.9. The second kappa shape index (κ2) is 17.8. The quantitative estimate of drug-likeness (QED) is 0.0871. The minimum Gasteiger partial charge on any atom is -0.459 e. The molecule has 18 atom stereocenters. The Morgan fingerprint density at radius 3 is 1.93 bits per heavy atom. The molecule has 0 aromatic heterocycles. The van der Waals surface area contributed by atoms with E-state index >= 15 is 0 Å². The first-order valence-electron chi connectivity index (χ1n) is 27.8. The highest BCUT2D eigenvalue weighted by atomic mass is 16.6. The van der Waals surface area contributed by atoms with Crippen LogP contribution in [0.3, 0.4) is 0 Å². The van der Waals surface area contributed by atoms with Crippen LogP contribution in [0.4, 0.5) is 0 Å². The van der Waals surface area contributed by atoms with Gasteiger partial charge in [-0.25, -0.2) is 0 Å². The highest BCUT2D eigenvalue weighted by Crippen LogP contribution is 2.74. The maximum Gasteiger partial charge on any atom is 0.309 e. The summed E-state index contributed by atoms with van der Waals surface area (Å²) in [6.07, 6.45) is 5.45. The zero-order chi connectivity index (χ0) is 52.8. The molecule has 4 fully saturated rings. The molecule has 11 nitrogen and oxygen atoms in total. The SMILES string of the molecule is C[C@H](CC(=O)C[C@H](C)C(=O)O[C@@H](CC[C@@H](C)[C@H]1C[C@H](O)[C@@]2(C)C3=C(CC[C@]12C)[C@@]1(C)CCC(=O)C(C)(C)[C@@H]1CC3)[C@](C)(O)CO)[C@H]1C[C@@H](O)[C@@]2(C)C3=C(C(=O)C[C@]12C)[C@@]1(C)CC[C@@H](O)C(C)(C)[C@@H]1CC3=O. The standard InChI is InChI=1S/C60H92O11/c1-32(38-27-46(67)59(13)37-16-17-42-52(4,5)44(65)20-22-54(42,8)36(37)19-24-56(38,59)10)15-18-48(58(12,70)31-61)71-51(69)34(3)26-35(62)25-33(2)39-28-47(68)60(14)50-40(63)29-43-53(6,7)45(66)21-23-55(43,9)49(50)41(64)30-57(39,60)11/h32-34,38-39,42-43,45-48,61,66-68,70H,15-31H2,1-14H3/t32-,33-,34+,38-,39-,42+,43+,45-,46+,47-,48+,54-,55+,56-,57-,58-,59-,60+/m1/s1. The number of ether oxygens (including phenoxy) is 1. The Morgan fingerprint density at radius 2 is 1.30 bits per heavy atom. The molecule has 0 spiro atoms. The zero-order valence-corrected chi connectivity index (χ0v) is 46.1. The van der Waals surface area contributed by atoms with Crippen molar-refractivity contribution in [3.63, 3.8) is 0 Å². The van der Waals surface area contributed by atoms with Crippen LogP contribution >= 0.6 is 0 Å². The van der Waals surface area contributed by atoms with Gasteiger partial charge < -0.3 is 30.3 Å². The number of aliphatic hydroxyl groups excluding tert-OH is 4. The van der Waals surface area contributed by atoms with Crippen LogP contribution < -0.4 is 0 Å². The minimum atomic E-state index is -1.74. The number of hydrogen-bond donors (Lipinski definition) is 5. The molecule has 0 bridgehead atoms. The van der Waals surface area contributed by atoms with E-state index in [4.69, 9.17) is 4.74 Å². The Hall–Kier alpha value is -2.57. The van der Waals surface area contributed by atoms with E-state index in [1.807, 2.05) is 34.6 Å². The summed E-state index contributed by atoms with van der Waals surface area (Å²) in [5.41, 5.74) is -1.84. The van der Waals surface area contributed by atoms with Gasteiger partial charge in [0.25, 0.3) is 0 Å². The number of hydrogen-bond acceptors (Lipinski definition) is 11. The van der Waals surface area contributed by atoms with E-state index in [9.17, 15) is 49.5 Å². The Kier molecular flexibility index (Phi) is 13.7. The molecule has 71 heavy (non-hydrogen) atoms. The number of ketones is 4. The fourth-order valence-electron chi connectivity index (χ4n) is 19.0. The van der Waals surface area contributed by atoms with Gasteiger partial charge in [-0.3, -0.25) is 24.0 Å². The summed E-state index contributed by atoms with van der Waals surface area (Å²) in [7, 11) is 0. The molecular weight excluding hydrogens is 897 g/mol. The zero-order valence-electron chi connectivity index (χ0n) is 46.1. The highest BCUT2D eigenvalue weighted by Gasteiger charge is 2.71. The predicted molar refractivity (Wildman–Crippen MR) is 271 cm³/mol. The summed E-state index contributed by atoms with van der Waals surface area (Å²) in [5.74, 6) is -1.66.